The summed E-state index contributed by atoms with van der Waals surface area (Å²) in [6.45, 7) is 0.769. The van der Waals surface area contributed by atoms with Gasteiger partial charge in [0.2, 0.25) is 5.95 Å². The Bertz CT molecular complexity index is 691. The molecule has 136 valence electrons. The van der Waals surface area contributed by atoms with Crippen LogP contribution in [0.15, 0.2) is 30.5 Å². The molecule has 0 saturated heterocycles. The van der Waals surface area contributed by atoms with E-state index < -0.39 is 11.7 Å². The Labute approximate surface area is 143 Å². The number of nitrogen functional groups attached to an aromatic ring is 2. The molecule has 2 aromatic rings. The predicted molar refractivity (Wildman–Crippen MR) is 88.5 cm³/mol. The molecule has 1 aromatic heterocycles. The molecule has 0 aliphatic rings. The second-order valence-electron chi connectivity index (χ2n) is 5.60. The number of rotatable bonds is 7. The molecular formula is C16H20F3N5O. The van der Waals surface area contributed by atoms with Crippen molar-refractivity contribution in [2.45, 2.75) is 25.1 Å². The average molecular weight is 355 g/mol. The van der Waals surface area contributed by atoms with Crippen molar-refractivity contribution >= 4 is 11.8 Å². The highest BCUT2D eigenvalue weighted by atomic mass is 19.4. The number of nitrogens with two attached hydrogens (primary N) is 2. The number of aromatic nitrogens is 2. The number of anilines is 2. The molecule has 1 unspecified atom stereocenters. The summed E-state index contributed by atoms with van der Waals surface area (Å²) in [7, 11) is 0. The van der Waals surface area contributed by atoms with Crippen LogP contribution in [0.2, 0.25) is 0 Å². The summed E-state index contributed by atoms with van der Waals surface area (Å²) in [6, 6.07) is 4.97. The first kappa shape index (κ1) is 18.9. The number of benzene rings is 1. The van der Waals surface area contributed by atoms with Crippen molar-refractivity contribution in [2.24, 2.45) is 0 Å². The molecule has 9 heteroatoms. The Kier molecular flexibility index (Phi) is 6.16. The summed E-state index contributed by atoms with van der Waals surface area (Å²) in [4.78, 5) is 7.72. The molecule has 0 radical (unpaired) electrons. The third-order valence-electron chi connectivity index (χ3n) is 3.81. The Balaban J connectivity index is 2.00. The van der Waals surface area contributed by atoms with Crippen LogP contribution >= 0.6 is 0 Å². The largest absolute Gasteiger partial charge is 0.416 e. The summed E-state index contributed by atoms with van der Waals surface area (Å²) in [5.74, 6) is 0.223. The van der Waals surface area contributed by atoms with Gasteiger partial charge in [0.1, 0.15) is 5.82 Å². The standard InChI is InChI=1S/C16H20F3N5O/c17-16(18,19)13-3-1-10(2-4-13)11(5-6-25)7-22-8-12-9-23-15(21)24-14(12)20/h1-4,9,11,22,25H,5-8H2,(H4,20,21,23,24). The molecule has 0 spiro atoms. The smallest absolute Gasteiger partial charge is 0.396 e. The molecule has 0 bridgehead atoms. The molecule has 0 fully saturated rings. The van der Waals surface area contributed by atoms with Gasteiger partial charge in [-0.3, -0.25) is 0 Å². The van der Waals surface area contributed by atoms with E-state index in [2.05, 4.69) is 15.3 Å². The van der Waals surface area contributed by atoms with Crippen LogP contribution in [0.3, 0.4) is 0 Å². The number of nitrogens with one attached hydrogen (secondary N) is 1. The van der Waals surface area contributed by atoms with Crippen molar-refractivity contribution in [3.63, 3.8) is 0 Å². The average Bonchev–Trinajstić information content (AvgIpc) is 2.55. The fourth-order valence-corrected chi connectivity index (χ4v) is 2.44. The van der Waals surface area contributed by atoms with Crippen molar-refractivity contribution in [3.8, 4) is 0 Å². The van der Waals surface area contributed by atoms with Crippen molar-refractivity contribution in [1.29, 1.82) is 0 Å². The maximum Gasteiger partial charge on any atom is 0.416 e. The van der Waals surface area contributed by atoms with E-state index in [1.807, 2.05) is 0 Å². The van der Waals surface area contributed by atoms with Crippen molar-refractivity contribution in [2.75, 3.05) is 24.6 Å². The van der Waals surface area contributed by atoms with E-state index in [9.17, 15) is 18.3 Å². The Morgan fingerprint density at radius 3 is 2.40 bits per heavy atom. The molecule has 0 aliphatic heterocycles. The normalized spacial score (nSPS) is 13.0. The third kappa shape index (κ3) is 5.30. The van der Waals surface area contributed by atoms with Crippen LogP contribution < -0.4 is 16.8 Å². The van der Waals surface area contributed by atoms with E-state index in [4.69, 9.17) is 11.5 Å². The lowest BCUT2D eigenvalue weighted by Crippen LogP contribution is -2.23. The van der Waals surface area contributed by atoms with Gasteiger partial charge in [-0.15, -0.1) is 0 Å². The minimum atomic E-state index is -4.37. The zero-order valence-corrected chi connectivity index (χ0v) is 13.4. The molecule has 25 heavy (non-hydrogen) atoms. The first-order valence-corrected chi connectivity index (χ1v) is 7.67. The van der Waals surface area contributed by atoms with Crippen LogP contribution in [0.1, 0.15) is 29.0 Å². The van der Waals surface area contributed by atoms with Gasteiger partial charge in [-0.1, -0.05) is 12.1 Å². The van der Waals surface area contributed by atoms with Crippen molar-refractivity contribution in [3.05, 3.63) is 47.2 Å². The minimum absolute atomic E-state index is 0.0690. The van der Waals surface area contributed by atoms with Crippen molar-refractivity contribution < 1.29 is 18.3 Å². The van der Waals surface area contributed by atoms with Crippen LogP contribution in [0.5, 0.6) is 0 Å². The summed E-state index contributed by atoms with van der Waals surface area (Å²) in [6.07, 6.45) is -2.42. The molecule has 6 nitrogen and oxygen atoms in total. The zero-order chi connectivity index (χ0) is 18.4. The number of nitrogens with zero attached hydrogens (tertiary/aromatic N) is 2. The van der Waals surface area contributed by atoms with E-state index in [0.29, 0.717) is 25.1 Å². The number of aliphatic hydroxyl groups excluding tert-OH is 1. The van der Waals surface area contributed by atoms with Crippen LogP contribution in [0, 0.1) is 0 Å². The quantitative estimate of drug-likeness (QED) is 0.604. The lowest BCUT2D eigenvalue weighted by Gasteiger charge is -2.18. The maximum atomic E-state index is 12.6. The van der Waals surface area contributed by atoms with E-state index in [0.717, 1.165) is 17.7 Å². The molecule has 0 amide bonds. The molecule has 6 N–H and O–H groups in total. The Morgan fingerprint density at radius 1 is 1.16 bits per heavy atom. The number of halogens is 3. The Hall–Kier alpha value is -2.39. The molecule has 1 aromatic carbocycles. The number of hydrogen-bond donors (Lipinski definition) is 4. The predicted octanol–water partition coefficient (Wildman–Crippen LogP) is 1.92. The highest BCUT2D eigenvalue weighted by molar-refractivity contribution is 5.41. The van der Waals surface area contributed by atoms with Crippen LogP contribution in [-0.4, -0.2) is 28.2 Å². The van der Waals surface area contributed by atoms with Gasteiger partial charge in [0.05, 0.1) is 5.56 Å². The van der Waals surface area contributed by atoms with Gasteiger partial charge in [0.25, 0.3) is 0 Å². The lowest BCUT2D eigenvalue weighted by molar-refractivity contribution is -0.137. The first-order chi connectivity index (χ1) is 11.8. The zero-order valence-electron chi connectivity index (χ0n) is 13.4. The van der Waals surface area contributed by atoms with E-state index in [1.165, 1.54) is 18.3 Å². The van der Waals surface area contributed by atoms with E-state index in [1.54, 1.807) is 0 Å². The SMILES string of the molecule is Nc1ncc(CNCC(CCO)c2ccc(C(F)(F)F)cc2)c(N)n1. The lowest BCUT2D eigenvalue weighted by atomic mass is 9.95. The summed E-state index contributed by atoms with van der Waals surface area (Å²) < 4.78 is 37.9. The molecule has 0 saturated carbocycles. The highest BCUT2D eigenvalue weighted by Gasteiger charge is 2.30. The van der Waals surface area contributed by atoms with Gasteiger partial charge >= 0.3 is 6.18 Å². The first-order valence-electron chi connectivity index (χ1n) is 7.67. The highest BCUT2D eigenvalue weighted by Crippen LogP contribution is 2.30. The van der Waals surface area contributed by atoms with Gasteiger partial charge in [0.15, 0.2) is 0 Å². The number of alkyl halides is 3. The summed E-state index contributed by atoms with van der Waals surface area (Å²) in [5, 5.41) is 12.4. The van der Waals surface area contributed by atoms with Gasteiger partial charge in [-0.05, 0) is 30.0 Å². The minimum Gasteiger partial charge on any atom is -0.396 e. The van der Waals surface area contributed by atoms with E-state index in [-0.39, 0.29) is 24.3 Å². The van der Waals surface area contributed by atoms with Gasteiger partial charge < -0.3 is 21.9 Å². The number of hydrogen-bond acceptors (Lipinski definition) is 6. The topological polar surface area (TPSA) is 110 Å². The van der Waals surface area contributed by atoms with Crippen LogP contribution in [0.4, 0.5) is 24.9 Å². The molecule has 1 heterocycles. The fraction of sp³-hybridized carbons (Fsp3) is 0.375. The second kappa shape index (κ2) is 8.13. The second-order valence-corrected chi connectivity index (χ2v) is 5.60. The maximum absolute atomic E-state index is 12.6. The van der Waals surface area contributed by atoms with E-state index >= 15 is 0 Å². The van der Waals surface area contributed by atoms with Gasteiger partial charge in [-0.25, -0.2) is 4.98 Å². The Morgan fingerprint density at radius 2 is 1.84 bits per heavy atom. The third-order valence-corrected chi connectivity index (χ3v) is 3.81. The van der Waals surface area contributed by atoms with Gasteiger partial charge in [-0.2, -0.15) is 18.2 Å². The summed E-state index contributed by atoms with van der Waals surface area (Å²) in [5.41, 5.74) is 11.9. The van der Waals surface area contributed by atoms with Crippen molar-refractivity contribution in [1.82, 2.24) is 15.3 Å². The van der Waals surface area contributed by atoms with Crippen LogP contribution in [0.25, 0.3) is 0 Å². The fourth-order valence-electron chi connectivity index (χ4n) is 2.44. The molecule has 1 atom stereocenters. The van der Waals surface area contributed by atoms with Gasteiger partial charge in [0, 0.05) is 31.5 Å². The molecule has 2 rings (SSSR count). The number of aliphatic hydroxyl groups is 1. The summed E-state index contributed by atoms with van der Waals surface area (Å²) >= 11 is 0. The monoisotopic (exact) mass is 355 g/mol. The van der Waals surface area contributed by atoms with Crippen LogP contribution in [-0.2, 0) is 12.7 Å². The molecule has 0 aliphatic carbocycles. The molecular weight excluding hydrogens is 335 g/mol.